The van der Waals surface area contributed by atoms with Crippen molar-refractivity contribution in [1.82, 2.24) is 15.1 Å². The van der Waals surface area contributed by atoms with Crippen molar-refractivity contribution < 1.29 is 9.53 Å². The average molecular weight is 377 g/mol. The third-order valence-electron chi connectivity index (χ3n) is 4.40. The van der Waals surface area contributed by atoms with E-state index in [2.05, 4.69) is 10.4 Å². The van der Waals surface area contributed by atoms with E-state index in [1.807, 2.05) is 92.4 Å². The Morgan fingerprint density at radius 3 is 2.64 bits per heavy atom. The molecule has 0 fully saturated rings. The molecule has 5 heteroatoms. The van der Waals surface area contributed by atoms with Crippen molar-refractivity contribution in [3.05, 3.63) is 78.1 Å². The summed E-state index contributed by atoms with van der Waals surface area (Å²) in [5, 5.41) is 7.44. The van der Waals surface area contributed by atoms with Gasteiger partial charge in [-0.25, -0.2) is 4.68 Å². The molecule has 0 spiro atoms. The van der Waals surface area contributed by atoms with Gasteiger partial charge in [-0.2, -0.15) is 5.10 Å². The second-order valence-electron chi connectivity index (χ2n) is 7.16. The summed E-state index contributed by atoms with van der Waals surface area (Å²) < 4.78 is 7.56. The van der Waals surface area contributed by atoms with Crippen LogP contribution in [0.25, 0.3) is 5.69 Å². The molecule has 1 amide bonds. The van der Waals surface area contributed by atoms with Crippen LogP contribution in [-0.2, 0) is 11.2 Å². The molecule has 1 heterocycles. The molecule has 0 aliphatic heterocycles. The van der Waals surface area contributed by atoms with E-state index in [0.717, 1.165) is 22.6 Å². The van der Waals surface area contributed by atoms with Gasteiger partial charge >= 0.3 is 0 Å². The highest BCUT2D eigenvalue weighted by molar-refractivity contribution is 5.76. The molecule has 0 saturated heterocycles. The Kier molecular flexibility index (Phi) is 6.48. The molecule has 0 aliphatic rings. The Labute approximate surface area is 166 Å². The van der Waals surface area contributed by atoms with Crippen molar-refractivity contribution in [2.45, 2.75) is 45.8 Å². The van der Waals surface area contributed by atoms with Crippen LogP contribution in [0.15, 0.2) is 67.0 Å². The number of aryl methyl sites for hydroxylation is 1. The van der Waals surface area contributed by atoms with Gasteiger partial charge in [0.1, 0.15) is 5.75 Å². The molecule has 0 bridgehead atoms. The zero-order chi connectivity index (χ0) is 19.9. The van der Waals surface area contributed by atoms with E-state index >= 15 is 0 Å². The van der Waals surface area contributed by atoms with Gasteiger partial charge in [-0.1, -0.05) is 30.3 Å². The summed E-state index contributed by atoms with van der Waals surface area (Å²) in [6.45, 7) is 5.98. The molecule has 3 aromatic rings. The molecular weight excluding hydrogens is 350 g/mol. The number of rotatable bonds is 8. The first-order valence-electron chi connectivity index (χ1n) is 9.66. The zero-order valence-corrected chi connectivity index (χ0v) is 16.6. The van der Waals surface area contributed by atoms with Crippen molar-refractivity contribution in [2.24, 2.45) is 0 Å². The number of hydrogen-bond donors (Lipinski definition) is 1. The smallest absolute Gasteiger partial charge is 0.220 e. The Bertz CT molecular complexity index is 903. The molecule has 1 atom stereocenters. The molecule has 2 aromatic carbocycles. The lowest BCUT2D eigenvalue weighted by atomic mass is 10.1. The van der Waals surface area contributed by atoms with Crippen molar-refractivity contribution in [3.63, 3.8) is 0 Å². The number of carbonyl (C=O) groups excluding carboxylic acids is 1. The Hall–Kier alpha value is -3.08. The molecule has 0 saturated carbocycles. The van der Waals surface area contributed by atoms with E-state index in [4.69, 9.17) is 4.74 Å². The van der Waals surface area contributed by atoms with Gasteiger partial charge in [-0.3, -0.25) is 4.79 Å². The van der Waals surface area contributed by atoms with Crippen molar-refractivity contribution in [1.29, 1.82) is 0 Å². The molecule has 0 radical (unpaired) electrons. The molecule has 146 valence electrons. The first kappa shape index (κ1) is 19.7. The summed E-state index contributed by atoms with van der Waals surface area (Å²) in [7, 11) is 0. The fourth-order valence-electron chi connectivity index (χ4n) is 3.00. The third kappa shape index (κ3) is 5.46. The largest absolute Gasteiger partial charge is 0.491 e. The third-order valence-corrected chi connectivity index (χ3v) is 4.40. The topological polar surface area (TPSA) is 56.1 Å². The standard InChI is InChI=1S/C23H27N3O2/c1-17(2)28-22-11-7-8-20(14-22)18(3)25-23(27)13-12-19-15-24-26(16-19)21-9-5-4-6-10-21/h4-11,14-18H,12-13H2,1-3H3,(H,25,27). The summed E-state index contributed by atoms with van der Waals surface area (Å²) in [5.41, 5.74) is 3.08. The van der Waals surface area contributed by atoms with Gasteiger partial charge in [-0.05, 0) is 62.6 Å². The number of para-hydroxylation sites is 1. The van der Waals surface area contributed by atoms with E-state index in [1.165, 1.54) is 0 Å². The molecule has 3 rings (SSSR count). The first-order valence-corrected chi connectivity index (χ1v) is 9.66. The Balaban J connectivity index is 1.52. The molecule has 1 N–H and O–H groups in total. The normalized spacial score (nSPS) is 12.0. The second kappa shape index (κ2) is 9.22. The molecule has 5 nitrogen and oxygen atoms in total. The van der Waals surface area contributed by atoms with E-state index < -0.39 is 0 Å². The van der Waals surface area contributed by atoms with Crippen LogP contribution in [0.2, 0.25) is 0 Å². The molecule has 1 unspecified atom stereocenters. The van der Waals surface area contributed by atoms with Gasteiger partial charge in [0.25, 0.3) is 0 Å². The minimum atomic E-state index is -0.0738. The quantitative estimate of drug-likeness (QED) is 0.630. The predicted molar refractivity (Wildman–Crippen MR) is 111 cm³/mol. The number of ether oxygens (including phenoxy) is 1. The highest BCUT2D eigenvalue weighted by Crippen LogP contribution is 2.20. The molecule has 28 heavy (non-hydrogen) atoms. The molecule has 0 aliphatic carbocycles. The summed E-state index contributed by atoms with van der Waals surface area (Å²) in [4.78, 5) is 12.4. The summed E-state index contributed by atoms with van der Waals surface area (Å²) in [6.07, 6.45) is 4.99. The van der Waals surface area contributed by atoms with Crippen LogP contribution < -0.4 is 10.1 Å². The van der Waals surface area contributed by atoms with Gasteiger partial charge < -0.3 is 10.1 Å². The van der Waals surface area contributed by atoms with Gasteiger partial charge in [0.05, 0.1) is 24.0 Å². The summed E-state index contributed by atoms with van der Waals surface area (Å²) in [5.74, 6) is 0.845. The van der Waals surface area contributed by atoms with Gasteiger partial charge in [-0.15, -0.1) is 0 Å². The lowest BCUT2D eigenvalue weighted by Crippen LogP contribution is -2.26. The maximum absolute atomic E-state index is 12.4. The summed E-state index contributed by atoms with van der Waals surface area (Å²) >= 11 is 0. The SMILES string of the molecule is CC(C)Oc1cccc(C(C)NC(=O)CCc2cnn(-c3ccccc3)c2)c1. The van der Waals surface area contributed by atoms with Gasteiger partial charge in [0.2, 0.25) is 5.91 Å². The first-order chi connectivity index (χ1) is 13.5. The number of nitrogens with one attached hydrogen (secondary N) is 1. The lowest BCUT2D eigenvalue weighted by Gasteiger charge is -2.16. The minimum Gasteiger partial charge on any atom is -0.491 e. The summed E-state index contributed by atoms with van der Waals surface area (Å²) in [6, 6.07) is 17.7. The Morgan fingerprint density at radius 1 is 1.11 bits per heavy atom. The number of hydrogen-bond acceptors (Lipinski definition) is 3. The van der Waals surface area contributed by atoms with Crippen LogP contribution in [0.1, 0.15) is 44.4 Å². The highest BCUT2D eigenvalue weighted by Gasteiger charge is 2.11. The monoisotopic (exact) mass is 377 g/mol. The molecule has 1 aromatic heterocycles. The zero-order valence-electron chi connectivity index (χ0n) is 16.6. The number of amides is 1. The maximum atomic E-state index is 12.4. The average Bonchev–Trinajstić information content (AvgIpc) is 3.16. The number of carbonyl (C=O) groups is 1. The fraction of sp³-hybridized carbons (Fsp3) is 0.304. The number of nitrogens with zero attached hydrogens (tertiary/aromatic N) is 2. The van der Waals surface area contributed by atoms with Crippen LogP contribution in [-0.4, -0.2) is 21.8 Å². The lowest BCUT2D eigenvalue weighted by molar-refractivity contribution is -0.121. The van der Waals surface area contributed by atoms with E-state index in [0.29, 0.717) is 12.8 Å². The van der Waals surface area contributed by atoms with Crippen LogP contribution in [0.4, 0.5) is 0 Å². The van der Waals surface area contributed by atoms with Crippen LogP contribution >= 0.6 is 0 Å². The van der Waals surface area contributed by atoms with Crippen LogP contribution in [0.5, 0.6) is 5.75 Å². The van der Waals surface area contributed by atoms with Gasteiger partial charge in [0, 0.05) is 12.6 Å². The van der Waals surface area contributed by atoms with Crippen molar-refractivity contribution in [2.75, 3.05) is 0 Å². The minimum absolute atomic E-state index is 0.0233. The van der Waals surface area contributed by atoms with Gasteiger partial charge in [0.15, 0.2) is 0 Å². The number of aromatic nitrogens is 2. The highest BCUT2D eigenvalue weighted by atomic mass is 16.5. The second-order valence-corrected chi connectivity index (χ2v) is 7.16. The van der Waals surface area contributed by atoms with Crippen LogP contribution in [0.3, 0.4) is 0 Å². The van der Waals surface area contributed by atoms with E-state index in [9.17, 15) is 4.79 Å². The van der Waals surface area contributed by atoms with Crippen LogP contribution in [0, 0.1) is 0 Å². The van der Waals surface area contributed by atoms with E-state index in [-0.39, 0.29) is 18.1 Å². The number of benzene rings is 2. The van der Waals surface area contributed by atoms with E-state index in [1.54, 1.807) is 0 Å². The fourth-order valence-corrected chi connectivity index (χ4v) is 3.00. The maximum Gasteiger partial charge on any atom is 0.220 e. The molecular formula is C23H27N3O2. The Morgan fingerprint density at radius 2 is 1.89 bits per heavy atom. The van der Waals surface area contributed by atoms with Crippen molar-refractivity contribution >= 4 is 5.91 Å². The van der Waals surface area contributed by atoms with Crippen molar-refractivity contribution in [3.8, 4) is 11.4 Å². The predicted octanol–water partition coefficient (Wildman–Crippen LogP) is 4.47.